The van der Waals surface area contributed by atoms with E-state index in [9.17, 15) is 9.59 Å². The summed E-state index contributed by atoms with van der Waals surface area (Å²) in [5.74, 6) is 0.606. The lowest BCUT2D eigenvalue weighted by molar-refractivity contribution is 0.0680. The maximum absolute atomic E-state index is 13.2. The van der Waals surface area contributed by atoms with E-state index in [1.54, 1.807) is 15.6 Å². The van der Waals surface area contributed by atoms with E-state index in [0.717, 1.165) is 17.0 Å². The number of carbonyl (C=O) groups excluding carboxylic acids is 2. The molecule has 9 heteroatoms. The number of para-hydroxylation sites is 2. The third kappa shape index (κ3) is 4.84. The highest BCUT2D eigenvalue weighted by molar-refractivity contribution is 6.30. The van der Waals surface area contributed by atoms with E-state index in [1.165, 1.54) is 0 Å². The van der Waals surface area contributed by atoms with Gasteiger partial charge in [0, 0.05) is 50.4 Å². The first-order valence-corrected chi connectivity index (χ1v) is 12.3. The highest BCUT2D eigenvalue weighted by Gasteiger charge is 2.30. The molecule has 0 unspecified atom stereocenters. The second kappa shape index (κ2) is 10.00. The fourth-order valence-corrected chi connectivity index (χ4v) is 4.74. The number of aromatic nitrogens is 2. The average Bonchev–Trinajstić information content (AvgIpc) is 3.33. The molecule has 0 bridgehead atoms. The number of anilines is 1. The third-order valence-electron chi connectivity index (χ3n) is 6.45. The van der Waals surface area contributed by atoms with Crippen LogP contribution in [0, 0.1) is 0 Å². The molecule has 5 rings (SSSR count). The number of hydrogen-bond acceptors (Lipinski definition) is 5. The summed E-state index contributed by atoms with van der Waals surface area (Å²) in [7, 11) is 0. The maximum atomic E-state index is 13.2. The molecule has 1 aromatic heterocycles. The number of ether oxygens (including phenoxy) is 1. The fourth-order valence-electron chi connectivity index (χ4n) is 4.61. The van der Waals surface area contributed by atoms with E-state index in [-0.39, 0.29) is 11.8 Å². The van der Waals surface area contributed by atoms with Gasteiger partial charge in [-0.15, -0.1) is 0 Å². The SMILES string of the molecule is CCOc1ccccc1N1CCN(C(=O)c2cc3n(n2)CCN(Cc2ccc(Cl)cc2)C3=O)CC1. The van der Waals surface area contributed by atoms with Crippen LogP contribution in [0.4, 0.5) is 5.69 Å². The van der Waals surface area contributed by atoms with E-state index in [2.05, 4.69) is 10.00 Å². The van der Waals surface area contributed by atoms with Crippen LogP contribution in [-0.2, 0) is 13.1 Å². The summed E-state index contributed by atoms with van der Waals surface area (Å²) in [5.41, 5.74) is 2.84. The highest BCUT2D eigenvalue weighted by atomic mass is 35.5. The van der Waals surface area contributed by atoms with E-state index < -0.39 is 0 Å². The number of fused-ring (bicyclic) bond motifs is 1. The smallest absolute Gasteiger partial charge is 0.274 e. The number of amides is 2. The van der Waals surface area contributed by atoms with Crippen molar-refractivity contribution >= 4 is 29.1 Å². The Hall–Kier alpha value is -3.52. The van der Waals surface area contributed by atoms with Crippen LogP contribution in [-0.4, -0.2) is 70.7 Å². The lowest BCUT2D eigenvalue weighted by Gasteiger charge is -2.36. The zero-order valence-corrected chi connectivity index (χ0v) is 20.4. The van der Waals surface area contributed by atoms with Crippen molar-refractivity contribution in [1.29, 1.82) is 0 Å². The molecule has 3 heterocycles. The summed E-state index contributed by atoms with van der Waals surface area (Å²) in [6.07, 6.45) is 0. The van der Waals surface area contributed by atoms with Crippen molar-refractivity contribution in [3.63, 3.8) is 0 Å². The maximum Gasteiger partial charge on any atom is 0.274 e. The summed E-state index contributed by atoms with van der Waals surface area (Å²) in [6.45, 7) is 6.75. The number of nitrogens with zero attached hydrogens (tertiary/aromatic N) is 5. The Labute approximate surface area is 209 Å². The van der Waals surface area contributed by atoms with Gasteiger partial charge in [0.1, 0.15) is 11.4 Å². The van der Waals surface area contributed by atoms with Crippen LogP contribution in [0.1, 0.15) is 33.5 Å². The minimum atomic E-state index is -0.137. The number of halogens is 1. The van der Waals surface area contributed by atoms with Crippen LogP contribution >= 0.6 is 11.6 Å². The van der Waals surface area contributed by atoms with Crippen LogP contribution in [0.5, 0.6) is 5.75 Å². The van der Waals surface area contributed by atoms with Crippen molar-refractivity contribution in [1.82, 2.24) is 19.6 Å². The van der Waals surface area contributed by atoms with Crippen molar-refractivity contribution in [2.24, 2.45) is 0 Å². The Morgan fingerprint density at radius 3 is 2.49 bits per heavy atom. The zero-order chi connectivity index (χ0) is 24.4. The Bertz CT molecular complexity index is 1220. The van der Waals surface area contributed by atoms with Crippen LogP contribution in [0.3, 0.4) is 0 Å². The normalized spacial score (nSPS) is 15.8. The molecule has 0 saturated carbocycles. The molecular formula is C26H28ClN5O3. The van der Waals surface area contributed by atoms with Gasteiger partial charge in [-0.1, -0.05) is 35.9 Å². The first kappa shape index (κ1) is 23.2. The van der Waals surface area contributed by atoms with Gasteiger partial charge in [0.2, 0.25) is 0 Å². The lowest BCUT2D eigenvalue weighted by atomic mass is 10.2. The molecule has 1 saturated heterocycles. The fraction of sp³-hybridized carbons (Fsp3) is 0.346. The second-order valence-electron chi connectivity index (χ2n) is 8.67. The molecule has 0 aliphatic carbocycles. The summed E-state index contributed by atoms with van der Waals surface area (Å²) in [5, 5.41) is 5.14. The quantitative estimate of drug-likeness (QED) is 0.525. The number of hydrogen-bond donors (Lipinski definition) is 0. The van der Waals surface area contributed by atoms with Gasteiger partial charge in [0.25, 0.3) is 11.8 Å². The standard InChI is InChI=1S/C26H28ClN5O3/c1-2-35-24-6-4-3-5-22(24)29-11-13-30(14-12-29)25(33)21-17-23-26(34)31(15-16-32(23)28-21)18-19-7-9-20(27)10-8-19/h3-10,17H,2,11-16,18H2,1H3. The Morgan fingerprint density at radius 1 is 1.00 bits per heavy atom. The predicted octanol–water partition coefficient (Wildman–Crippen LogP) is 3.55. The predicted molar refractivity (Wildman–Crippen MR) is 134 cm³/mol. The first-order chi connectivity index (χ1) is 17.0. The Morgan fingerprint density at radius 2 is 1.74 bits per heavy atom. The lowest BCUT2D eigenvalue weighted by Crippen LogP contribution is -2.49. The highest BCUT2D eigenvalue weighted by Crippen LogP contribution is 2.29. The van der Waals surface area contributed by atoms with Crippen molar-refractivity contribution < 1.29 is 14.3 Å². The minimum absolute atomic E-state index is 0.116. The minimum Gasteiger partial charge on any atom is -0.492 e. The van der Waals surface area contributed by atoms with Gasteiger partial charge in [0.05, 0.1) is 18.8 Å². The molecule has 2 aliphatic rings. The molecule has 0 atom stereocenters. The molecule has 0 N–H and O–H groups in total. The van der Waals surface area contributed by atoms with Gasteiger partial charge in [-0.05, 0) is 36.8 Å². The summed E-state index contributed by atoms with van der Waals surface area (Å²) >= 11 is 5.97. The Balaban J connectivity index is 1.24. The van der Waals surface area contributed by atoms with E-state index in [4.69, 9.17) is 16.3 Å². The third-order valence-corrected chi connectivity index (χ3v) is 6.70. The van der Waals surface area contributed by atoms with Gasteiger partial charge in [-0.25, -0.2) is 0 Å². The van der Waals surface area contributed by atoms with Crippen LogP contribution in [0.25, 0.3) is 0 Å². The topological polar surface area (TPSA) is 70.9 Å². The zero-order valence-electron chi connectivity index (χ0n) is 19.7. The molecular weight excluding hydrogens is 466 g/mol. The van der Waals surface area contributed by atoms with Crippen LogP contribution < -0.4 is 9.64 Å². The average molecular weight is 494 g/mol. The summed E-state index contributed by atoms with van der Waals surface area (Å²) in [4.78, 5) is 32.1. The van der Waals surface area contributed by atoms with Crippen LogP contribution in [0.2, 0.25) is 5.02 Å². The van der Waals surface area contributed by atoms with Gasteiger partial charge in [0.15, 0.2) is 5.69 Å². The summed E-state index contributed by atoms with van der Waals surface area (Å²) < 4.78 is 7.42. The molecule has 2 aliphatic heterocycles. The molecule has 1 fully saturated rings. The number of benzene rings is 2. The Kier molecular flexibility index (Phi) is 6.63. The largest absolute Gasteiger partial charge is 0.492 e. The van der Waals surface area contributed by atoms with E-state index >= 15 is 0 Å². The summed E-state index contributed by atoms with van der Waals surface area (Å²) in [6, 6.07) is 17.1. The second-order valence-corrected chi connectivity index (χ2v) is 9.11. The molecule has 2 aromatic carbocycles. The molecule has 3 aromatic rings. The van der Waals surface area contributed by atoms with Gasteiger partial charge >= 0.3 is 0 Å². The molecule has 35 heavy (non-hydrogen) atoms. The van der Waals surface area contributed by atoms with Crippen LogP contribution in [0.15, 0.2) is 54.6 Å². The number of carbonyl (C=O) groups is 2. The monoisotopic (exact) mass is 493 g/mol. The first-order valence-electron chi connectivity index (χ1n) is 11.9. The van der Waals surface area contributed by atoms with E-state index in [0.29, 0.717) is 68.8 Å². The van der Waals surface area contributed by atoms with Gasteiger partial charge in [-0.3, -0.25) is 14.3 Å². The number of piperazine rings is 1. The van der Waals surface area contributed by atoms with Crippen molar-refractivity contribution in [2.45, 2.75) is 20.0 Å². The van der Waals surface area contributed by atoms with Crippen molar-refractivity contribution in [2.75, 3.05) is 44.2 Å². The number of rotatable bonds is 6. The van der Waals surface area contributed by atoms with Gasteiger partial charge < -0.3 is 19.4 Å². The van der Waals surface area contributed by atoms with Crippen molar-refractivity contribution in [3.8, 4) is 5.75 Å². The molecule has 0 spiro atoms. The van der Waals surface area contributed by atoms with Gasteiger partial charge in [-0.2, -0.15) is 5.10 Å². The molecule has 0 radical (unpaired) electrons. The molecule has 182 valence electrons. The van der Waals surface area contributed by atoms with E-state index in [1.807, 2.05) is 60.4 Å². The van der Waals surface area contributed by atoms with Crippen molar-refractivity contribution in [3.05, 3.63) is 76.6 Å². The molecule has 2 amide bonds. The molecule has 8 nitrogen and oxygen atoms in total.